The number of anilines is 1. The van der Waals surface area contributed by atoms with Gasteiger partial charge in [-0.15, -0.1) is 0 Å². The van der Waals surface area contributed by atoms with E-state index in [1.807, 2.05) is 13.0 Å². The largest absolute Gasteiger partial charge is 0.380 e. The zero-order chi connectivity index (χ0) is 14.7. The molecule has 5 nitrogen and oxygen atoms in total. The summed E-state index contributed by atoms with van der Waals surface area (Å²) >= 11 is 0. The van der Waals surface area contributed by atoms with Crippen LogP contribution < -0.4 is 5.32 Å². The van der Waals surface area contributed by atoms with E-state index in [1.54, 1.807) is 12.1 Å². The van der Waals surface area contributed by atoms with Crippen LogP contribution >= 0.6 is 0 Å². The highest BCUT2D eigenvalue weighted by atomic mass is 16.6. The van der Waals surface area contributed by atoms with E-state index in [9.17, 15) is 10.1 Å². The molecule has 110 valence electrons. The molecule has 5 heteroatoms. The molecule has 0 aliphatic heterocycles. The Labute approximate surface area is 120 Å². The lowest BCUT2D eigenvalue weighted by molar-refractivity contribution is -0.384. The summed E-state index contributed by atoms with van der Waals surface area (Å²) in [5, 5.41) is 14.3. The Morgan fingerprint density at radius 1 is 1.50 bits per heavy atom. The SMILES string of the molecule is CCNc1c(CN(C)CC2CC2C)cccc1[N+](=O)[O-]. The first kappa shape index (κ1) is 14.8. The maximum absolute atomic E-state index is 11.1. The smallest absolute Gasteiger partial charge is 0.292 e. The fraction of sp³-hybridized carbons (Fsp3) is 0.600. The van der Waals surface area contributed by atoms with E-state index in [2.05, 4.69) is 24.2 Å². The van der Waals surface area contributed by atoms with Crippen molar-refractivity contribution in [2.24, 2.45) is 11.8 Å². The van der Waals surface area contributed by atoms with Crippen molar-refractivity contribution >= 4 is 11.4 Å². The normalized spacial score (nSPS) is 21.0. The highest BCUT2D eigenvalue weighted by Gasteiger charge is 2.33. The van der Waals surface area contributed by atoms with Gasteiger partial charge in [0.2, 0.25) is 0 Å². The lowest BCUT2D eigenvalue weighted by atomic mass is 10.1. The molecule has 1 aromatic rings. The summed E-state index contributed by atoms with van der Waals surface area (Å²) in [4.78, 5) is 13.1. The van der Waals surface area contributed by atoms with Crippen LogP contribution in [0.15, 0.2) is 18.2 Å². The van der Waals surface area contributed by atoms with Crippen molar-refractivity contribution in [3.63, 3.8) is 0 Å². The second kappa shape index (κ2) is 6.22. The predicted molar refractivity (Wildman–Crippen MR) is 80.9 cm³/mol. The Balaban J connectivity index is 2.12. The molecule has 1 saturated carbocycles. The summed E-state index contributed by atoms with van der Waals surface area (Å²) in [6.45, 7) is 6.72. The van der Waals surface area contributed by atoms with Crippen molar-refractivity contribution in [1.82, 2.24) is 4.90 Å². The van der Waals surface area contributed by atoms with Crippen LogP contribution in [-0.2, 0) is 6.54 Å². The highest BCUT2D eigenvalue weighted by molar-refractivity contribution is 5.66. The van der Waals surface area contributed by atoms with Crippen molar-refractivity contribution < 1.29 is 4.92 Å². The van der Waals surface area contributed by atoms with E-state index in [0.717, 1.165) is 30.5 Å². The molecule has 1 aliphatic rings. The Morgan fingerprint density at radius 3 is 2.75 bits per heavy atom. The maximum atomic E-state index is 11.1. The Kier molecular flexibility index (Phi) is 4.60. The number of nitro groups is 1. The minimum absolute atomic E-state index is 0.164. The number of nitrogens with zero attached hydrogens (tertiary/aromatic N) is 2. The first-order valence-electron chi connectivity index (χ1n) is 7.21. The van der Waals surface area contributed by atoms with E-state index in [0.29, 0.717) is 12.2 Å². The van der Waals surface area contributed by atoms with Crippen molar-refractivity contribution in [2.45, 2.75) is 26.8 Å². The molecule has 1 aliphatic carbocycles. The van der Waals surface area contributed by atoms with Crippen LogP contribution in [0.5, 0.6) is 0 Å². The lowest BCUT2D eigenvalue weighted by Gasteiger charge is -2.19. The van der Waals surface area contributed by atoms with Crippen molar-refractivity contribution in [2.75, 3.05) is 25.5 Å². The van der Waals surface area contributed by atoms with Crippen LogP contribution in [0.3, 0.4) is 0 Å². The van der Waals surface area contributed by atoms with E-state index < -0.39 is 0 Å². The summed E-state index contributed by atoms with van der Waals surface area (Å²) in [6, 6.07) is 5.30. The number of hydrogen-bond donors (Lipinski definition) is 1. The minimum atomic E-state index is -0.315. The van der Waals surface area contributed by atoms with Crippen molar-refractivity contribution in [3.05, 3.63) is 33.9 Å². The summed E-state index contributed by atoms with van der Waals surface area (Å²) in [5.74, 6) is 1.62. The molecule has 2 unspecified atom stereocenters. The molecule has 2 atom stereocenters. The third-order valence-electron chi connectivity index (χ3n) is 3.94. The van der Waals surface area contributed by atoms with Gasteiger partial charge in [-0.2, -0.15) is 0 Å². The summed E-state index contributed by atoms with van der Waals surface area (Å²) in [5.41, 5.74) is 1.82. The predicted octanol–water partition coefficient (Wildman–Crippen LogP) is 3.11. The van der Waals surface area contributed by atoms with Gasteiger partial charge in [-0.3, -0.25) is 10.1 Å². The summed E-state index contributed by atoms with van der Waals surface area (Å²) < 4.78 is 0. The quantitative estimate of drug-likeness (QED) is 0.614. The molecule has 0 spiro atoms. The molecule has 0 radical (unpaired) electrons. The lowest BCUT2D eigenvalue weighted by Crippen LogP contribution is -2.22. The molecule has 1 aromatic carbocycles. The van der Waals surface area contributed by atoms with Crippen molar-refractivity contribution in [3.8, 4) is 0 Å². The number of benzene rings is 1. The van der Waals surface area contributed by atoms with Crippen LogP contribution in [0.1, 0.15) is 25.8 Å². The third kappa shape index (κ3) is 3.48. The van der Waals surface area contributed by atoms with E-state index in [-0.39, 0.29) is 10.6 Å². The second-order valence-electron chi connectivity index (χ2n) is 5.77. The maximum Gasteiger partial charge on any atom is 0.292 e. The van der Waals surface area contributed by atoms with Crippen LogP contribution in [0.25, 0.3) is 0 Å². The average Bonchev–Trinajstić information content (AvgIpc) is 3.06. The number of hydrogen-bond acceptors (Lipinski definition) is 4. The molecular formula is C15H23N3O2. The Bertz CT molecular complexity index is 490. The molecule has 0 heterocycles. The van der Waals surface area contributed by atoms with Crippen LogP contribution in [0, 0.1) is 22.0 Å². The number of nitrogens with one attached hydrogen (secondary N) is 1. The molecule has 0 aromatic heterocycles. The van der Waals surface area contributed by atoms with Gasteiger partial charge in [-0.05, 0) is 37.8 Å². The minimum Gasteiger partial charge on any atom is -0.380 e. The zero-order valence-corrected chi connectivity index (χ0v) is 12.4. The van der Waals surface area contributed by atoms with Crippen LogP contribution in [0.4, 0.5) is 11.4 Å². The van der Waals surface area contributed by atoms with Crippen LogP contribution in [-0.4, -0.2) is 30.0 Å². The van der Waals surface area contributed by atoms with Crippen LogP contribution in [0.2, 0.25) is 0 Å². The fourth-order valence-corrected chi connectivity index (χ4v) is 2.66. The first-order chi connectivity index (χ1) is 9.52. The topological polar surface area (TPSA) is 58.4 Å². The fourth-order valence-electron chi connectivity index (χ4n) is 2.66. The zero-order valence-electron chi connectivity index (χ0n) is 12.4. The van der Waals surface area contributed by atoms with Gasteiger partial charge in [-0.25, -0.2) is 0 Å². The summed E-state index contributed by atoms with van der Waals surface area (Å²) in [7, 11) is 2.08. The highest BCUT2D eigenvalue weighted by Crippen LogP contribution is 2.38. The monoisotopic (exact) mass is 277 g/mol. The van der Waals surface area contributed by atoms with E-state index in [4.69, 9.17) is 0 Å². The second-order valence-corrected chi connectivity index (χ2v) is 5.77. The summed E-state index contributed by atoms with van der Waals surface area (Å²) in [6.07, 6.45) is 1.30. The van der Waals surface area contributed by atoms with Gasteiger partial charge in [0.15, 0.2) is 0 Å². The van der Waals surface area contributed by atoms with E-state index >= 15 is 0 Å². The number of nitro benzene ring substituents is 1. The average molecular weight is 277 g/mol. The van der Waals surface area contributed by atoms with Gasteiger partial charge < -0.3 is 10.2 Å². The van der Waals surface area contributed by atoms with E-state index in [1.165, 1.54) is 6.42 Å². The molecule has 20 heavy (non-hydrogen) atoms. The molecule has 1 fully saturated rings. The molecular weight excluding hydrogens is 254 g/mol. The standard InChI is InChI=1S/C15H23N3O2/c1-4-16-15-12(6-5-7-14(15)18(19)20)9-17(3)10-13-8-11(13)2/h5-7,11,13,16H,4,8-10H2,1-3H3. The van der Waals surface area contributed by atoms with Gasteiger partial charge in [0.1, 0.15) is 5.69 Å². The van der Waals surface area contributed by atoms with Gasteiger partial charge in [0, 0.05) is 25.7 Å². The van der Waals surface area contributed by atoms with Gasteiger partial charge in [0.05, 0.1) is 4.92 Å². The first-order valence-corrected chi connectivity index (χ1v) is 7.21. The Morgan fingerprint density at radius 2 is 2.20 bits per heavy atom. The molecule has 0 amide bonds. The number of rotatable bonds is 7. The molecule has 0 bridgehead atoms. The molecule has 1 N–H and O–H groups in total. The van der Waals surface area contributed by atoms with Gasteiger partial charge in [0.25, 0.3) is 5.69 Å². The van der Waals surface area contributed by atoms with Crippen molar-refractivity contribution in [1.29, 1.82) is 0 Å². The van der Waals surface area contributed by atoms with Gasteiger partial charge >= 0.3 is 0 Å². The molecule has 2 rings (SSSR count). The number of para-hydroxylation sites is 1. The third-order valence-corrected chi connectivity index (χ3v) is 3.94. The Hall–Kier alpha value is -1.62. The van der Waals surface area contributed by atoms with Gasteiger partial charge in [-0.1, -0.05) is 19.1 Å². The molecule has 0 saturated heterocycles.